The number of hydrogen-bond acceptors (Lipinski definition) is 6. The summed E-state index contributed by atoms with van der Waals surface area (Å²) >= 11 is 1.54. The summed E-state index contributed by atoms with van der Waals surface area (Å²) in [6.45, 7) is 5.87. The maximum absolute atomic E-state index is 11.4. The van der Waals surface area contributed by atoms with Crippen LogP contribution in [-0.4, -0.2) is 26.0 Å². The highest BCUT2D eigenvalue weighted by Gasteiger charge is 2.19. The highest BCUT2D eigenvalue weighted by Crippen LogP contribution is 2.26. The summed E-state index contributed by atoms with van der Waals surface area (Å²) in [5.41, 5.74) is 0.428. The van der Waals surface area contributed by atoms with Gasteiger partial charge in [0.15, 0.2) is 5.69 Å². The molecule has 2 rings (SSSR count). The number of anilines is 1. The van der Waals surface area contributed by atoms with Crippen molar-refractivity contribution in [3.63, 3.8) is 0 Å². The second kappa shape index (κ2) is 6.62. The van der Waals surface area contributed by atoms with Gasteiger partial charge < -0.3 is 10.4 Å². The molecular formula is C14H18N4O2S. The SMILES string of the molecule is CCC(Nc1cnc(C(C)C)nc1C(=O)O)c1nccs1. The van der Waals surface area contributed by atoms with Crippen LogP contribution < -0.4 is 5.32 Å². The second-order valence-corrected chi connectivity index (χ2v) is 5.85. The first-order valence-electron chi connectivity index (χ1n) is 6.79. The molecule has 2 N–H and O–H groups in total. The maximum atomic E-state index is 11.4. The van der Waals surface area contributed by atoms with Crippen molar-refractivity contribution in [3.8, 4) is 0 Å². The molecule has 0 bridgehead atoms. The number of aromatic carboxylic acids is 1. The number of rotatable bonds is 6. The number of hydrogen-bond donors (Lipinski definition) is 2. The molecular weight excluding hydrogens is 288 g/mol. The molecule has 0 radical (unpaired) electrons. The molecule has 1 unspecified atom stereocenters. The Morgan fingerprint density at radius 3 is 2.71 bits per heavy atom. The van der Waals surface area contributed by atoms with E-state index in [0.717, 1.165) is 11.4 Å². The van der Waals surface area contributed by atoms with Crippen LogP contribution in [0.3, 0.4) is 0 Å². The number of carboxylic acids is 1. The minimum Gasteiger partial charge on any atom is -0.476 e. The van der Waals surface area contributed by atoms with Crippen LogP contribution in [0, 0.1) is 0 Å². The first-order chi connectivity index (χ1) is 10.0. The van der Waals surface area contributed by atoms with Gasteiger partial charge in [0.25, 0.3) is 0 Å². The van der Waals surface area contributed by atoms with E-state index >= 15 is 0 Å². The van der Waals surface area contributed by atoms with E-state index in [9.17, 15) is 9.90 Å². The average Bonchev–Trinajstić information content (AvgIpc) is 2.98. The third-order valence-electron chi connectivity index (χ3n) is 3.01. The molecule has 0 saturated heterocycles. The molecule has 0 spiro atoms. The Hall–Kier alpha value is -2.02. The van der Waals surface area contributed by atoms with Gasteiger partial charge in [-0.25, -0.2) is 19.7 Å². The topological polar surface area (TPSA) is 88.0 Å². The number of carbonyl (C=O) groups is 1. The van der Waals surface area contributed by atoms with Gasteiger partial charge in [0.05, 0.1) is 17.9 Å². The lowest BCUT2D eigenvalue weighted by Crippen LogP contribution is -2.16. The van der Waals surface area contributed by atoms with E-state index in [-0.39, 0.29) is 17.7 Å². The van der Waals surface area contributed by atoms with Crippen LogP contribution >= 0.6 is 11.3 Å². The van der Waals surface area contributed by atoms with Crippen molar-refractivity contribution in [2.24, 2.45) is 0 Å². The highest BCUT2D eigenvalue weighted by molar-refractivity contribution is 7.09. The predicted molar refractivity (Wildman–Crippen MR) is 81.8 cm³/mol. The third kappa shape index (κ3) is 3.55. The van der Waals surface area contributed by atoms with Gasteiger partial charge in [0.2, 0.25) is 0 Å². The smallest absolute Gasteiger partial charge is 0.356 e. The molecule has 0 amide bonds. The van der Waals surface area contributed by atoms with Crippen LogP contribution in [0.25, 0.3) is 0 Å². The number of nitrogens with zero attached hydrogens (tertiary/aromatic N) is 3. The van der Waals surface area contributed by atoms with Crippen molar-refractivity contribution in [1.29, 1.82) is 0 Å². The normalized spacial score (nSPS) is 12.4. The molecule has 6 nitrogen and oxygen atoms in total. The van der Waals surface area contributed by atoms with E-state index < -0.39 is 5.97 Å². The van der Waals surface area contributed by atoms with Gasteiger partial charge in [-0.05, 0) is 6.42 Å². The second-order valence-electron chi connectivity index (χ2n) is 4.93. The first kappa shape index (κ1) is 15.4. The van der Waals surface area contributed by atoms with Crippen LogP contribution in [0.4, 0.5) is 5.69 Å². The third-order valence-corrected chi connectivity index (χ3v) is 3.90. The number of nitrogens with one attached hydrogen (secondary N) is 1. The van der Waals surface area contributed by atoms with Crippen molar-refractivity contribution in [1.82, 2.24) is 15.0 Å². The standard InChI is InChI=1S/C14H18N4O2S/c1-4-9(13-15-5-6-21-13)17-10-7-16-12(8(2)3)18-11(10)14(19)20/h5-9,17H,4H2,1-3H3,(H,19,20). The fourth-order valence-electron chi connectivity index (χ4n) is 1.87. The summed E-state index contributed by atoms with van der Waals surface area (Å²) < 4.78 is 0. The van der Waals surface area contributed by atoms with Gasteiger partial charge in [-0.15, -0.1) is 11.3 Å². The van der Waals surface area contributed by atoms with Crippen LogP contribution in [-0.2, 0) is 0 Å². The van der Waals surface area contributed by atoms with Crippen molar-refractivity contribution in [3.05, 3.63) is 34.3 Å². The Morgan fingerprint density at radius 2 is 2.19 bits per heavy atom. The molecule has 1 atom stereocenters. The maximum Gasteiger partial charge on any atom is 0.356 e. The molecule has 0 fully saturated rings. The van der Waals surface area contributed by atoms with Gasteiger partial charge in [0.1, 0.15) is 10.8 Å². The van der Waals surface area contributed by atoms with Gasteiger partial charge >= 0.3 is 5.97 Å². The molecule has 2 aromatic heterocycles. The van der Waals surface area contributed by atoms with E-state index in [1.54, 1.807) is 12.4 Å². The summed E-state index contributed by atoms with van der Waals surface area (Å²) in [4.78, 5) is 24.1. The lowest BCUT2D eigenvalue weighted by molar-refractivity contribution is 0.0691. The summed E-state index contributed by atoms with van der Waals surface area (Å²) in [6.07, 6.45) is 4.07. The van der Waals surface area contributed by atoms with E-state index in [4.69, 9.17) is 0 Å². The summed E-state index contributed by atoms with van der Waals surface area (Å²) in [5.74, 6) is -0.450. The zero-order chi connectivity index (χ0) is 15.4. The lowest BCUT2D eigenvalue weighted by Gasteiger charge is -2.17. The zero-order valence-electron chi connectivity index (χ0n) is 12.2. The van der Waals surface area contributed by atoms with Crippen molar-refractivity contribution in [2.75, 3.05) is 5.32 Å². The lowest BCUT2D eigenvalue weighted by atomic mass is 10.2. The fourth-order valence-corrected chi connectivity index (χ4v) is 2.65. The minimum absolute atomic E-state index is 0.00343. The van der Waals surface area contributed by atoms with Crippen LogP contribution in [0.2, 0.25) is 0 Å². The average molecular weight is 306 g/mol. The van der Waals surface area contributed by atoms with Crippen molar-refractivity contribution in [2.45, 2.75) is 39.2 Å². The van der Waals surface area contributed by atoms with Gasteiger partial charge in [-0.1, -0.05) is 20.8 Å². The number of aromatic nitrogens is 3. The molecule has 0 aromatic carbocycles. The summed E-state index contributed by atoms with van der Waals surface area (Å²) in [5, 5.41) is 15.4. The van der Waals surface area contributed by atoms with E-state index in [0.29, 0.717) is 11.5 Å². The first-order valence-corrected chi connectivity index (χ1v) is 7.67. The van der Waals surface area contributed by atoms with Crippen molar-refractivity contribution >= 4 is 23.0 Å². The molecule has 112 valence electrons. The zero-order valence-corrected chi connectivity index (χ0v) is 13.0. The Morgan fingerprint density at radius 1 is 1.43 bits per heavy atom. The van der Waals surface area contributed by atoms with Gasteiger partial charge in [-0.3, -0.25) is 0 Å². The fraction of sp³-hybridized carbons (Fsp3) is 0.429. The van der Waals surface area contributed by atoms with Crippen molar-refractivity contribution < 1.29 is 9.90 Å². The molecule has 0 aliphatic carbocycles. The number of carboxylic acid groups (broad SMARTS) is 1. The Labute approximate surface area is 127 Å². The quantitative estimate of drug-likeness (QED) is 0.851. The summed E-state index contributed by atoms with van der Waals surface area (Å²) in [6, 6.07) is -0.0448. The Kier molecular flexibility index (Phi) is 4.85. The van der Waals surface area contributed by atoms with Crippen LogP contribution in [0.5, 0.6) is 0 Å². The molecule has 0 aliphatic rings. The Balaban J connectivity index is 2.32. The molecule has 7 heteroatoms. The van der Waals surface area contributed by atoms with Gasteiger partial charge in [0, 0.05) is 17.5 Å². The monoisotopic (exact) mass is 306 g/mol. The van der Waals surface area contributed by atoms with Gasteiger partial charge in [-0.2, -0.15) is 0 Å². The van der Waals surface area contributed by atoms with E-state index in [2.05, 4.69) is 20.3 Å². The van der Waals surface area contributed by atoms with E-state index in [1.807, 2.05) is 26.2 Å². The van der Waals surface area contributed by atoms with Crippen LogP contribution in [0.1, 0.15) is 60.5 Å². The molecule has 2 heterocycles. The number of thiazole rings is 1. The molecule has 2 aromatic rings. The molecule has 0 aliphatic heterocycles. The van der Waals surface area contributed by atoms with E-state index in [1.165, 1.54) is 11.3 Å². The predicted octanol–water partition coefficient (Wildman–Crippen LogP) is 3.32. The minimum atomic E-state index is -1.06. The molecule has 21 heavy (non-hydrogen) atoms. The van der Waals surface area contributed by atoms with Crippen LogP contribution in [0.15, 0.2) is 17.8 Å². The highest BCUT2D eigenvalue weighted by atomic mass is 32.1. The largest absolute Gasteiger partial charge is 0.476 e. The summed E-state index contributed by atoms with van der Waals surface area (Å²) in [7, 11) is 0. The Bertz CT molecular complexity index is 613. The molecule has 0 saturated carbocycles.